The molecule has 156 valence electrons. The van der Waals surface area contributed by atoms with E-state index in [-0.39, 0.29) is 42.8 Å². The number of carbonyl (C=O) groups excluding carboxylic acids is 3. The minimum absolute atomic E-state index is 0.0217. The molecule has 0 aliphatic carbocycles. The summed E-state index contributed by atoms with van der Waals surface area (Å²) in [6, 6.07) is 0. The minimum Gasteiger partial charge on any atom is -0.465 e. The van der Waals surface area contributed by atoms with Crippen LogP contribution in [0, 0.1) is 17.8 Å². The van der Waals surface area contributed by atoms with Crippen LogP contribution in [-0.4, -0.2) is 44.1 Å². The molecule has 0 N–H and O–H groups in total. The van der Waals surface area contributed by atoms with Gasteiger partial charge in [0.15, 0.2) is 5.78 Å². The Hall–Kier alpha value is -1.43. The van der Waals surface area contributed by atoms with Gasteiger partial charge in [-0.1, -0.05) is 40.0 Å². The van der Waals surface area contributed by atoms with Gasteiger partial charge in [-0.3, -0.25) is 14.4 Å². The summed E-state index contributed by atoms with van der Waals surface area (Å²) < 4.78 is 16.1. The van der Waals surface area contributed by atoms with Crippen molar-refractivity contribution in [2.45, 2.75) is 78.2 Å². The molecule has 1 saturated heterocycles. The molecule has 6 heteroatoms. The maximum atomic E-state index is 12.9. The van der Waals surface area contributed by atoms with Crippen LogP contribution in [0.3, 0.4) is 0 Å². The number of hydrogen-bond donors (Lipinski definition) is 0. The third kappa shape index (κ3) is 9.36. The number of carbonyl (C=O) groups is 3. The summed E-state index contributed by atoms with van der Waals surface area (Å²) in [5.41, 5.74) is 0. The molecule has 1 rings (SSSR count). The third-order valence-corrected chi connectivity index (χ3v) is 4.97. The van der Waals surface area contributed by atoms with Gasteiger partial charge in [0.25, 0.3) is 0 Å². The smallest absolute Gasteiger partial charge is 0.308 e. The maximum absolute atomic E-state index is 12.9. The molecule has 1 heterocycles. The van der Waals surface area contributed by atoms with Crippen LogP contribution in [0.2, 0.25) is 0 Å². The monoisotopic (exact) mass is 384 g/mol. The fourth-order valence-electron chi connectivity index (χ4n) is 3.25. The van der Waals surface area contributed by atoms with Gasteiger partial charge in [0.05, 0.1) is 18.4 Å². The number of ether oxygens (including phenoxy) is 3. The van der Waals surface area contributed by atoms with Gasteiger partial charge in [0.1, 0.15) is 12.7 Å². The van der Waals surface area contributed by atoms with Crippen molar-refractivity contribution in [2.24, 2.45) is 17.8 Å². The molecule has 1 aliphatic rings. The molecule has 0 saturated carbocycles. The van der Waals surface area contributed by atoms with Gasteiger partial charge in [-0.15, -0.1) is 0 Å². The van der Waals surface area contributed by atoms with Crippen molar-refractivity contribution in [2.75, 3.05) is 20.3 Å². The number of rotatable bonds is 5. The number of Topliss-reactive ketones (excluding diaryl/α,β-unsaturated/α-hetero) is 1. The SMILES string of the molecule is COC1CCCCCC(C)C(=O)OCCCC(COC(=O)CC(C)C)C1=O. The van der Waals surface area contributed by atoms with Crippen molar-refractivity contribution in [3.8, 4) is 0 Å². The summed E-state index contributed by atoms with van der Waals surface area (Å²) in [4.78, 5) is 36.7. The Labute approximate surface area is 163 Å². The molecule has 27 heavy (non-hydrogen) atoms. The van der Waals surface area contributed by atoms with E-state index in [9.17, 15) is 14.4 Å². The van der Waals surface area contributed by atoms with Crippen LogP contribution in [0.4, 0.5) is 0 Å². The topological polar surface area (TPSA) is 78.9 Å². The number of methoxy groups -OCH3 is 1. The molecule has 0 radical (unpaired) electrons. The summed E-state index contributed by atoms with van der Waals surface area (Å²) in [7, 11) is 1.55. The van der Waals surface area contributed by atoms with E-state index < -0.39 is 12.0 Å². The first-order valence-corrected chi connectivity index (χ1v) is 10.2. The lowest BCUT2D eigenvalue weighted by atomic mass is 9.92. The lowest BCUT2D eigenvalue weighted by molar-refractivity contribution is -0.149. The molecule has 0 amide bonds. The molecule has 0 aromatic heterocycles. The second kappa shape index (κ2) is 12.9. The first-order chi connectivity index (χ1) is 12.8. The van der Waals surface area contributed by atoms with E-state index in [0.29, 0.717) is 25.7 Å². The average molecular weight is 385 g/mol. The quantitative estimate of drug-likeness (QED) is 0.673. The lowest BCUT2D eigenvalue weighted by Crippen LogP contribution is -2.33. The van der Waals surface area contributed by atoms with Crippen LogP contribution in [0.5, 0.6) is 0 Å². The summed E-state index contributed by atoms with van der Waals surface area (Å²) in [6.07, 6.45) is 5.14. The van der Waals surface area contributed by atoms with Crippen molar-refractivity contribution < 1.29 is 28.6 Å². The third-order valence-electron chi connectivity index (χ3n) is 4.97. The molecule has 0 aromatic carbocycles. The average Bonchev–Trinajstić information content (AvgIpc) is 2.61. The largest absolute Gasteiger partial charge is 0.465 e. The van der Waals surface area contributed by atoms with Gasteiger partial charge >= 0.3 is 11.9 Å². The summed E-state index contributed by atoms with van der Waals surface area (Å²) in [5, 5.41) is 0. The number of ketones is 1. The fourth-order valence-corrected chi connectivity index (χ4v) is 3.25. The molecular weight excluding hydrogens is 348 g/mol. The highest BCUT2D eigenvalue weighted by molar-refractivity contribution is 5.85. The highest BCUT2D eigenvalue weighted by atomic mass is 16.5. The van der Waals surface area contributed by atoms with E-state index in [2.05, 4.69) is 0 Å². The van der Waals surface area contributed by atoms with Crippen molar-refractivity contribution in [1.29, 1.82) is 0 Å². The molecule has 6 nitrogen and oxygen atoms in total. The van der Waals surface area contributed by atoms with Crippen molar-refractivity contribution >= 4 is 17.7 Å². The second-order valence-corrected chi connectivity index (χ2v) is 7.95. The zero-order valence-corrected chi connectivity index (χ0v) is 17.3. The Balaban J connectivity index is 2.72. The van der Waals surface area contributed by atoms with Crippen LogP contribution in [0.1, 0.15) is 72.1 Å². The normalized spacial score (nSPS) is 26.3. The molecule has 1 fully saturated rings. The standard InChI is InChI=1S/C21H36O6/c1-15(2)13-19(22)27-14-17-10-8-12-26-21(24)16(3)9-6-5-7-11-18(25-4)20(17)23/h15-18H,5-14H2,1-4H3. The minimum atomic E-state index is -0.471. The fraction of sp³-hybridized carbons (Fsp3) is 0.857. The number of hydrogen-bond acceptors (Lipinski definition) is 6. The van der Waals surface area contributed by atoms with Gasteiger partial charge in [0, 0.05) is 13.5 Å². The maximum Gasteiger partial charge on any atom is 0.308 e. The van der Waals surface area contributed by atoms with E-state index in [1.807, 2.05) is 20.8 Å². The Morgan fingerprint density at radius 3 is 2.48 bits per heavy atom. The number of cyclic esters (lactones) is 1. The molecule has 3 atom stereocenters. The number of esters is 2. The van der Waals surface area contributed by atoms with Gasteiger partial charge in [-0.25, -0.2) is 0 Å². The Bertz CT molecular complexity index is 473. The zero-order valence-electron chi connectivity index (χ0n) is 17.3. The zero-order chi connectivity index (χ0) is 20.2. The van der Waals surface area contributed by atoms with E-state index in [1.54, 1.807) is 7.11 Å². The summed E-state index contributed by atoms with van der Waals surface area (Å²) >= 11 is 0. The summed E-state index contributed by atoms with van der Waals surface area (Å²) in [5.74, 6) is -0.790. The molecule has 0 bridgehead atoms. The highest BCUT2D eigenvalue weighted by Crippen LogP contribution is 2.20. The Morgan fingerprint density at radius 1 is 1.11 bits per heavy atom. The van der Waals surface area contributed by atoms with Crippen LogP contribution in [-0.2, 0) is 28.6 Å². The van der Waals surface area contributed by atoms with E-state index >= 15 is 0 Å². The van der Waals surface area contributed by atoms with Crippen LogP contribution in [0.25, 0.3) is 0 Å². The predicted octanol–water partition coefficient (Wildman–Crippen LogP) is 3.70. The van der Waals surface area contributed by atoms with Gasteiger partial charge in [0.2, 0.25) is 0 Å². The molecule has 0 aromatic rings. The first-order valence-electron chi connectivity index (χ1n) is 10.2. The molecule has 3 unspecified atom stereocenters. The van der Waals surface area contributed by atoms with Crippen LogP contribution >= 0.6 is 0 Å². The summed E-state index contributed by atoms with van der Waals surface area (Å²) in [6.45, 7) is 6.14. The van der Waals surface area contributed by atoms with Crippen molar-refractivity contribution in [1.82, 2.24) is 0 Å². The Morgan fingerprint density at radius 2 is 1.81 bits per heavy atom. The van der Waals surface area contributed by atoms with E-state index in [1.165, 1.54) is 0 Å². The Kier molecular flexibility index (Phi) is 11.3. The van der Waals surface area contributed by atoms with Crippen molar-refractivity contribution in [3.05, 3.63) is 0 Å². The van der Waals surface area contributed by atoms with Crippen molar-refractivity contribution in [3.63, 3.8) is 0 Å². The molecule has 0 spiro atoms. The van der Waals surface area contributed by atoms with Crippen LogP contribution < -0.4 is 0 Å². The first kappa shape index (κ1) is 23.6. The van der Waals surface area contributed by atoms with Gasteiger partial charge < -0.3 is 14.2 Å². The molecule has 1 aliphatic heterocycles. The highest BCUT2D eigenvalue weighted by Gasteiger charge is 2.28. The second-order valence-electron chi connectivity index (χ2n) is 7.95. The van der Waals surface area contributed by atoms with Gasteiger partial charge in [-0.2, -0.15) is 0 Å². The van der Waals surface area contributed by atoms with Crippen LogP contribution in [0.15, 0.2) is 0 Å². The van der Waals surface area contributed by atoms with E-state index in [0.717, 1.165) is 25.7 Å². The lowest BCUT2D eigenvalue weighted by Gasteiger charge is -2.22. The van der Waals surface area contributed by atoms with E-state index in [4.69, 9.17) is 14.2 Å². The van der Waals surface area contributed by atoms with Gasteiger partial charge in [-0.05, 0) is 31.6 Å². The predicted molar refractivity (Wildman–Crippen MR) is 102 cm³/mol. The molecular formula is C21H36O6.